The van der Waals surface area contributed by atoms with Gasteiger partial charge in [-0.25, -0.2) is 14.6 Å². The number of nitrogens with one attached hydrogen (secondary N) is 1. The van der Waals surface area contributed by atoms with Crippen LogP contribution >= 0.6 is 0 Å². The summed E-state index contributed by atoms with van der Waals surface area (Å²) in [6, 6.07) is 7.09. The number of hydrogen-bond acceptors (Lipinski definition) is 7. The molecule has 3 rings (SSSR count). The summed E-state index contributed by atoms with van der Waals surface area (Å²) in [5, 5.41) is 11.1. The largest absolute Gasteiger partial charge is 0.496 e. The van der Waals surface area contributed by atoms with E-state index in [4.69, 9.17) is 10.5 Å². The number of benzene rings is 1. The Morgan fingerprint density at radius 1 is 1.33 bits per heavy atom. The summed E-state index contributed by atoms with van der Waals surface area (Å²) in [6.45, 7) is 2.66. The molecule has 3 N–H and O–H groups in total. The van der Waals surface area contributed by atoms with Crippen LogP contribution in [0, 0.1) is 6.92 Å². The number of carbonyl (C=O) groups excluding carboxylic acids is 1. The lowest BCUT2D eigenvalue weighted by atomic mass is 10.2. The molecule has 0 aliphatic rings. The number of nitrogens with zero attached hydrogens (tertiary/aromatic N) is 5. The summed E-state index contributed by atoms with van der Waals surface area (Å²) in [4.78, 5) is 20.5. The van der Waals surface area contributed by atoms with E-state index in [1.807, 2.05) is 12.3 Å². The van der Waals surface area contributed by atoms with Gasteiger partial charge >= 0.3 is 0 Å². The molecule has 1 aromatic carbocycles. The second kappa shape index (κ2) is 8.26. The fraction of sp³-hybridized carbons (Fsp3) is 0.278. The van der Waals surface area contributed by atoms with Crippen molar-refractivity contribution in [2.24, 2.45) is 0 Å². The first-order valence-electron chi connectivity index (χ1n) is 8.45. The number of aryl methyl sites for hydroxylation is 1. The molecule has 0 saturated heterocycles. The predicted molar refractivity (Wildman–Crippen MR) is 99.3 cm³/mol. The summed E-state index contributed by atoms with van der Waals surface area (Å²) in [6.07, 6.45) is 4.06. The van der Waals surface area contributed by atoms with Gasteiger partial charge < -0.3 is 15.8 Å². The van der Waals surface area contributed by atoms with Gasteiger partial charge in [-0.1, -0.05) is 17.3 Å². The minimum atomic E-state index is -0.190. The number of anilines is 1. The fourth-order valence-corrected chi connectivity index (χ4v) is 2.57. The molecule has 2 aromatic heterocycles. The number of carbonyl (C=O) groups is 1. The summed E-state index contributed by atoms with van der Waals surface area (Å²) in [7, 11) is 1.54. The van der Waals surface area contributed by atoms with Crippen LogP contribution in [-0.4, -0.2) is 44.5 Å². The Bertz CT molecular complexity index is 939. The summed E-state index contributed by atoms with van der Waals surface area (Å²) >= 11 is 0. The topological polar surface area (TPSA) is 121 Å². The van der Waals surface area contributed by atoms with E-state index >= 15 is 0 Å². The Hall–Kier alpha value is -3.49. The van der Waals surface area contributed by atoms with Gasteiger partial charge in [0.05, 0.1) is 24.9 Å². The van der Waals surface area contributed by atoms with Crippen LogP contribution in [-0.2, 0) is 13.0 Å². The zero-order valence-electron chi connectivity index (χ0n) is 15.2. The maximum Gasteiger partial charge on any atom is 0.255 e. The third-order valence-electron chi connectivity index (χ3n) is 3.96. The average Bonchev–Trinajstić information content (AvgIpc) is 3.11. The molecule has 27 heavy (non-hydrogen) atoms. The van der Waals surface area contributed by atoms with Gasteiger partial charge in [0.2, 0.25) is 0 Å². The van der Waals surface area contributed by atoms with E-state index in [0.717, 1.165) is 11.3 Å². The van der Waals surface area contributed by atoms with E-state index in [1.54, 1.807) is 36.0 Å². The zero-order chi connectivity index (χ0) is 19.2. The van der Waals surface area contributed by atoms with Crippen molar-refractivity contribution in [2.75, 3.05) is 19.4 Å². The van der Waals surface area contributed by atoms with Crippen LogP contribution in [0.2, 0.25) is 0 Å². The lowest BCUT2D eigenvalue weighted by molar-refractivity contribution is 0.0951. The van der Waals surface area contributed by atoms with Crippen molar-refractivity contribution < 1.29 is 9.53 Å². The molecule has 2 heterocycles. The molecule has 0 atom stereocenters. The van der Waals surface area contributed by atoms with Crippen LogP contribution in [0.5, 0.6) is 5.75 Å². The fourth-order valence-electron chi connectivity index (χ4n) is 2.57. The first-order valence-corrected chi connectivity index (χ1v) is 8.45. The van der Waals surface area contributed by atoms with Gasteiger partial charge in [0, 0.05) is 30.9 Å². The van der Waals surface area contributed by atoms with Gasteiger partial charge in [-0.2, -0.15) is 0 Å². The molecule has 140 valence electrons. The standard InChI is InChI=1S/C18H21N7O2/c1-12-21-9-13(17(19)22-12)10-25-11-14(23-24-25)7-8-20-18(26)15-5-3-4-6-16(15)27-2/h3-6,9,11H,7-8,10H2,1-2H3,(H,20,26)(H2,19,21,22). The van der Waals surface area contributed by atoms with Crippen molar-refractivity contribution in [3.63, 3.8) is 0 Å². The van der Waals surface area contributed by atoms with Gasteiger partial charge in [-0.15, -0.1) is 5.10 Å². The van der Waals surface area contributed by atoms with Gasteiger partial charge in [-0.05, 0) is 19.1 Å². The van der Waals surface area contributed by atoms with Crippen LogP contribution in [0.4, 0.5) is 5.82 Å². The second-order valence-corrected chi connectivity index (χ2v) is 5.94. The molecule has 0 unspecified atom stereocenters. The molecule has 0 saturated carbocycles. The molecule has 0 bridgehead atoms. The maximum atomic E-state index is 12.3. The molecule has 3 aromatic rings. The molecule has 9 heteroatoms. The average molecular weight is 367 g/mol. The lowest BCUT2D eigenvalue weighted by Gasteiger charge is -2.08. The SMILES string of the molecule is COc1ccccc1C(=O)NCCc1cn(Cc2cnc(C)nc2N)nn1. The molecule has 0 fully saturated rings. The number of amides is 1. The monoisotopic (exact) mass is 367 g/mol. The number of nitrogen functional groups attached to an aromatic ring is 1. The number of methoxy groups -OCH3 is 1. The van der Waals surface area contributed by atoms with Crippen molar-refractivity contribution in [1.82, 2.24) is 30.3 Å². The van der Waals surface area contributed by atoms with Gasteiger partial charge in [-0.3, -0.25) is 4.79 Å². The molecule has 9 nitrogen and oxygen atoms in total. The minimum Gasteiger partial charge on any atom is -0.496 e. The van der Waals surface area contributed by atoms with Crippen LogP contribution in [0.25, 0.3) is 0 Å². The van der Waals surface area contributed by atoms with E-state index in [-0.39, 0.29) is 5.91 Å². The first-order chi connectivity index (χ1) is 13.1. The predicted octanol–water partition coefficient (Wildman–Crippen LogP) is 0.988. The first kappa shape index (κ1) is 18.3. The summed E-state index contributed by atoms with van der Waals surface area (Å²) in [5.41, 5.74) is 7.94. The van der Waals surface area contributed by atoms with E-state index < -0.39 is 0 Å². The smallest absolute Gasteiger partial charge is 0.255 e. The normalized spacial score (nSPS) is 10.6. The van der Waals surface area contributed by atoms with Crippen LogP contribution in [0.1, 0.15) is 27.4 Å². The number of hydrogen-bond donors (Lipinski definition) is 2. The number of nitrogens with two attached hydrogens (primary N) is 1. The third-order valence-corrected chi connectivity index (χ3v) is 3.96. The van der Waals surface area contributed by atoms with E-state index in [0.29, 0.717) is 42.5 Å². The van der Waals surface area contributed by atoms with Crippen molar-refractivity contribution in [3.05, 3.63) is 59.3 Å². The molecule has 0 aliphatic heterocycles. The highest BCUT2D eigenvalue weighted by molar-refractivity contribution is 5.96. The van der Waals surface area contributed by atoms with Crippen LogP contribution < -0.4 is 15.8 Å². The summed E-state index contributed by atoms with van der Waals surface area (Å²) in [5.74, 6) is 1.41. The Morgan fingerprint density at radius 2 is 2.15 bits per heavy atom. The highest BCUT2D eigenvalue weighted by atomic mass is 16.5. The quantitative estimate of drug-likeness (QED) is 0.639. The van der Waals surface area contributed by atoms with Crippen LogP contribution in [0.15, 0.2) is 36.7 Å². The van der Waals surface area contributed by atoms with Crippen molar-refractivity contribution in [2.45, 2.75) is 19.9 Å². The minimum absolute atomic E-state index is 0.190. The van der Waals surface area contributed by atoms with E-state index in [2.05, 4.69) is 25.6 Å². The third kappa shape index (κ3) is 4.57. The molecule has 0 spiro atoms. The maximum absolute atomic E-state index is 12.3. The zero-order valence-corrected chi connectivity index (χ0v) is 15.2. The highest BCUT2D eigenvalue weighted by Crippen LogP contribution is 2.16. The molecule has 0 radical (unpaired) electrons. The van der Waals surface area contributed by atoms with Gasteiger partial charge in [0.1, 0.15) is 17.4 Å². The molecular weight excluding hydrogens is 346 g/mol. The molecule has 1 amide bonds. The number of aromatic nitrogens is 5. The lowest BCUT2D eigenvalue weighted by Crippen LogP contribution is -2.26. The van der Waals surface area contributed by atoms with Crippen molar-refractivity contribution >= 4 is 11.7 Å². The Labute approximate surface area is 156 Å². The van der Waals surface area contributed by atoms with Crippen molar-refractivity contribution in [1.29, 1.82) is 0 Å². The Morgan fingerprint density at radius 3 is 2.93 bits per heavy atom. The van der Waals surface area contributed by atoms with E-state index in [1.165, 1.54) is 7.11 Å². The Kier molecular flexibility index (Phi) is 5.60. The Balaban J connectivity index is 1.54. The highest BCUT2D eigenvalue weighted by Gasteiger charge is 2.11. The molecular formula is C18H21N7O2. The number of para-hydroxylation sites is 1. The second-order valence-electron chi connectivity index (χ2n) is 5.94. The van der Waals surface area contributed by atoms with Crippen molar-refractivity contribution in [3.8, 4) is 5.75 Å². The number of ether oxygens (including phenoxy) is 1. The van der Waals surface area contributed by atoms with E-state index in [9.17, 15) is 4.79 Å². The summed E-state index contributed by atoms with van der Waals surface area (Å²) < 4.78 is 6.87. The van der Waals surface area contributed by atoms with Gasteiger partial charge in [0.15, 0.2) is 0 Å². The van der Waals surface area contributed by atoms with Gasteiger partial charge in [0.25, 0.3) is 5.91 Å². The number of rotatable bonds is 7. The molecule has 0 aliphatic carbocycles. The van der Waals surface area contributed by atoms with Crippen LogP contribution in [0.3, 0.4) is 0 Å².